The molecule has 0 bridgehead atoms. The van der Waals surface area contributed by atoms with E-state index in [1.165, 1.54) is 16.6 Å². The van der Waals surface area contributed by atoms with Crippen molar-refractivity contribution >= 4 is 44.9 Å². The summed E-state index contributed by atoms with van der Waals surface area (Å²) in [5.74, 6) is -0.0538. The van der Waals surface area contributed by atoms with Gasteiger partial charge in [-0.3, -0.25) is 9.48 Å². The summed E-state index contributed by atoms with van der Waals surface area (Å²) >= 11 is 3.14. The summed E-state index contributed by atoms with van der Waals surface area (Å²) in [4.78, 5) is 23.6. The van der Waals surface area contributed by atoms with E-state index in [-0.39, 0.29) is 11.2 Å². The molecule has 0 radical (unpaired) electrons. The number of hydrogen-bond acceptors (Lipinski definition) is 6. The van der Waals surface area contributed by atoms with E-state index in [0.717, 1.165) is 38.7 Å². The first-order chi connectivity index (χ1) is 11.9. The van der Waals surface area contributed by atoms with Gasteiger partial charge in [0.2, 0.25) is 5.91 Å². The molecular formula is C17H21N5OS2. The van der Waals surface area contributed by atoms with Gasteiger partial charge < -0.3 is 5.32 Å². The topological polar surface area (TPSA) is 72.7 Å². The van der Waals surface area contributed by atoms with Crippen LogP contribution in [0.5, 0.6) is 0 Å². The van der Waals surface area contributed by atoms with Crippen LogP contribution in [0.15, 0.2) is 17.4 Å². The van der Waals surface area contributed by atoms with Crippen LogP contribution in [0, 0.1) is 13.8 Å². The molecule has 3 rings (SSSR count). The lowest BCUT2D eigenvalue weighted by molar-refractivity contribution is -0.115. The summed E-state index contributed by atoms with van der Waals surface area (Å²) in [6.45, 7) is 7.85. The highest BCUT2D eigenvalue weighted by Gasteiger charge is 2.20. The molecule has 1 amide bonds. The third kappa shape index (κ3) is 3.55. The van der Waals surface area contributed by atoms with E-state index < -0.39 is 0 Å². The van der Waals surface area contributed by atoms with Crippen molar-refractivity contribution in [2.75, 3.05) is 5.32 Å². The predicted molar refractivity (Wildman–Crippen MR) is 103 cm³/mol. The van der Waals surface area contributed by atoms with Crippen LogP contribution in [0.3, 0.4) is 0 Å². The van der Waals surface area contributed by atoms with E-state index in [1.54, 1.807) is 22.3 Å². The van der Waals surface area contributed by atoms with Crippen molar-refractivity contribution in [2.45, 2.75) is 44.4 Å². The van der Waals surface area contributed by atoms with Crippen molar-refractivity contribution in [3.63, 3.8) is 0 Å². The maximum absolute atomic E-state index is 12.6. The standard InChI is InChI=1S/C17H21N5OS2/c1-6-12-7-13-16(18-8-19-17(13)25-12)24-11(4)15(23)20-14-9(2)21-22(5)10(14)3/h7-8,11H,6H2,1-5H3,(H,20,23)/t11-/m1/s1. The molecule has 0 unspecified atom stereocenters. The number of fused-ring (bicyclic) bond motifs is 1. The number of nitrogens with zero attached hydrogens (tertiary/aromatic N) is 4. The molecule has 0 saturated carbocycles. The first-order valence-corrected chi connectivity index (χ1v) is 9.81. The van der Waals surface area contributed by atoms with Gasteiger partial charge in [0, 0.05) is 17.3 Å². The van der Waals surface area contributed by atoms with Gasteiger partial charge in [0.25, 0.3) is 0 Å². The Balaban J connectivity index is 1.79. The smallest absolute Gasteiger partial charge is 0.237 e. The number of amides is 1. The number of rotatable bonds is 5. The number of thioether (sulfide) groups is 1. The van der Waals surface area contributed by atoms with Gasteiger partial charge in [-0.1, -0.05) is 18.7 Å². The monoisotopic (exact) mass is 375 g/mol. The highest BCUT2D eigenvalue weighted by Crippen LogP contribution is 2.33. The van der Waals surface area contributed by atoms with Crippen molar-refractivity contribution in [1.82, 2.24) is 19.7 Å². The average molecular weight is 376 g/mol. The second-order valence-electron chi connectivity index (χ2n) is 5.88. The first kappa shape index (κ1) is 17.9. The predicted octanol–water partition coefficient (Wildman–Crippen LogP) is 3.72. The molecule has 0 aliphatic rings. The molecule has 3 aromatic rings. The van der Waals surface area contributed by atoms with Gasteiger partial charge in [-0.05, 0) is 33.3 Å². The Labute approximate surface area is 155 Å². The second kappa shape index (κ2) is 7.13. The molecule has 0 spiro atoms. The largest absolute Gasteiger partial charge is 0.322 e. The molecule has 3 aromatic heterocycles. The molecule has 1 atom stereocenters. The maximum Gasteiger partial charge on any atom is 0.237 e. The van der Waals surface area contributed by atoms with Crippen LogP contribution in [0.2, 0.25) is 0 Å². The number of thiophene rings is 1. The van der Waals surface area contributed by atoms with Gasteiger partial charge in [0.15, 0.2) is 0 Å². The lowest BCUT2D eigenvalue weighted by Crippen LogP contribution is -2.23. The zero-order valence-electron chi connectivity index (χ0n) is 15.0. The molecule has 1 N–H and O–H groups in total. The van der Waals surface area contributed by atoms with Crippen LogP contribution < -0.4 is 5.32 Å². The number of anilines is 1. The molecule has 0 aliphatic carbocycles. The first-order valence-electron chi connectivity index (χ1n) is 8.11. The van der Waals surface area contributed by atoms with E-state index in [0.29, 0.717) is 0 Å². The Morgan fingerprint density at radius 1 is 1.40 bits per heavy atom. The van der Waals surface area contributed by atoms with Crippen LogP contribution in [0.1, 0.15) is 30.1 Å². The Morgan fingerprint density at radius 3 is 2.80 bits per heavy atom. The van der Waals surface area contributed by atoms with E-state index >= 15 is 0 Å². The Bertz CT molecular complexity index is 931. The molecule has 0 aliphatic heterocycles. The molecule has 0 saturated heterocycles. The molecular weight excluding hydrogens is 354 g/mol. The van der Waals surface area contributed by atoms with Crippen molar-refractivity contribution in [1.29, 1.82) is 0 Å². The fourth-order valence-corrected chi connectivity index (χ4v) is 4.44. The number of carbonyl (C=O) groups excluding carboxylic acids is 1. The van der Waals surface area contributed by atoms with Crippen molar-refractivity contribution in [3.05, 3.63) is 28.7 Å². The van der Waals surface area contributed by atoms with Crippen molar-refractivity contribution < 1.29 is 4.79 Å². The zero-order valence-corrected chi connectivity index (χ0v) is 16.6. The molecule has 0 aromatic carbocycles. The zero-order chi connectivity index (χ0) is 18.1. The molecule has 3 heterocycles. The summed E-state index contributed by atoms with van der Waals surface area (Å²) in [5.41, 5.74) is 2.55. The minimum absolute atomic E-state index is 0.0538. The SMILES string of the molecule is CCc1cc2c(S[C@H](C)C(=O)Nc3c(C)nn(C)c3C)ncnc2s1. The van der Waals surface area contributed by atoms with Crippen LogP contribution in [-0.4, -0.2) is 30.9 Å². The summed E-state index contributed by atoms with van der Waals surface area (Å²) in [7, 11) is 1.87. The molecule has 0 fully saturated rings. The van der Waals surface area contributed by atoms with Crippen molar-refractivity contribution in [2.24, 2.45) is 7.05 Å². The molecule has 8 heteroatoms. The fraction of sp³-hybridized carbons (Fsp3) is 0.412. The van der Waals surface area contributed by atoms with Gasteiger partial charge in [-0.2, -0.15) is 5.10 Å². The summed E-state index contributed by atoms with van der Waals surface area (Å²) in [5, 5.41) is 8.94. The van der Waals surface area contributed by atoms with Crippen molar-refractivity contribution in [3.8, 4) is 0 Å². The third-order valence-corrected chi connectivity index (χ3v) is 6.41. The minimum atomic E-state index is -0.276. The lowest BCUT2D eigenvalue weighted by Gasteiger charge is -2.12. The minimum Gasteiger partial charge on any atom is -0.322 e. The third-order valence-electron chi connectivity index (χ3n) is 4.11. The number of aromatic nitrogens is 4. The Hall–Kier alpha value is -1.93. The normalized spacial score (nSPS) is 12.5. The second-order valence-corrected chi connectivity index (χ2v) is 8.33. The molecule has 132 valence electrons. The number of nitrogens with one attached hydrogen (secondary N) is 1. The van der Waals surface area contributed by atoms with E-state index in [9.17, 15) is 4.79 Å². The summed E-state index contributed by atoms with van der Waals surface area (Å²) in [6.07, 6.45) is 2.54. The number of carbonyl (C=O) groups is 1. The molecule has 6 nitrogen and oxygen atoms in total. The maximum atomic E-state index is 12.6. The number of hydrogen-bond donors (Lipinski definition) is 1. The van der Waals surface area contributed by atoms with Gasteiger partial charge in [0.05, 0.1) is 22.3 Å². The summed E-state index contributed by atoms with van der Waals surface area (Å²) < 4.78 is 1.77. The van der Waals surface area contributed by atoms with Gasteiger partial charge in [-0.25, -0.2) is 9.97 Å². The Morgan fingerprint density at radius 2 is 2.16 bits per heavy atom. The van der Waals surface area contributed by atoms with E-state index in [4.69, 9.17) is 0 Å². The average Bonchev–Trinajstić information content (AvgIpc) is 3.11. The van der Waals surface area contributed by atoms with Gasteiger partial charge in [0.1, 0.15) is 16.2 Å². The van der Waals surface area contributed by atoms with Gasteiger partial charge in [-0.15, -0.1) is 11.3 Å². The van der Waals surface area contributed by atoms with Crippen LogP contribution in [-0.2, 0) is 18.3 Å². The number of aryl methyl sites for hydroxylation is 3. The summed E-state index contributed by atoms with van der Waals surface area (Å²) in [6, 6.07) is 2.13. The highest BCUT2D eigenvalue weighted by molar-refractivity contribution is 8.00. The van der Waals surface area contributed by atoms with Gasteiger partial charge >= 0.3 is 0 Å². The quantitative estimate of drug-likeness (QED) is 0.543. The highest BCUT2D eigenvalue weighted by atomic mass is 32.2. The van der Waals surface area contributed by atoms with Crippen LogP contribution >= 0.6 is 23.1 Å². The Kier molecular flexibility index (Phi) is 5.10. The van der Waals surface area contributed by atoms with Crippen LogP contribution in [0.4, 0.5) is 5.69 Å². The fourth-order valence-electron chi connectivity index (χ4n) is 2.55. The van der Waals surface area contributed by atoms with E-state index in [1.807, 2.05) is 27.8 Å². The van der Waals surface area contributed by atoms with Crippen LogP contribution in [0.25, 0.3) is 10.2 Å². The lowest BCUT2D eigenvalue weighted by atomic mass is 10.3. The molecule has 25 heavy (non-hydrogen) atoms. The van der Waals surface area contributed by atoms with E-state index in [2.05, 4.69) is 33.4 Å².